The first kappa shape index (κ1) is 15.1. The number of aliphatic hydroxyl groups is 1. The first-order chi connectivity index (χ1) is 10.5. The fourth-order valence-corrected chi connectivity index (χ4v) is 2.93. The van der Waals surface area contributed by atoms with E-state index < -0.39 is 10.5 Å². The number of benzene rings is 1. The standard InChI is InChI=1S/C17H16ClFN2O/c1-2-14-10-21(12-20-14)11-17(22,16(18)7-8-16)9-13-5-3-4-6-15(13)19/h1,3-6,10,12,22H,7-9,11H2. The largest absolute Gasteiger partial charge is 0.386 e. The Kier molecular flexibility index (Phi) is 3.72. The first-order valence-corrected chi connectivity index (χ1v) is 7.47. The van der Waals surface area contributed by atoms with Crippen LogP contribution in [0.5, 0.6) is 0 Å². The molecule has 1 aliphatic rings. The van der Waals surface area contributed by atoms with E-state index in [2.05, 4.69) is 10.9 Å². The molecule has 3 nitrogen and oxygen atoms in total. The molecule has 1 heterocycles. The molecule has 1 fully saturated rings. The van der Waals surface area contributed by atoms with Gasteiger partial charge >= 0.3 is 0 Å². The molecule has 1 atom stereocenters. The Bertz CT molecular complexity index is 732. The minimum absolute atomic E-state index is 0.146. The zero-order chi connectivity index (χ0) is 15.8. The van der Waals surface area contributed by atoms with Crippen LogP contribution in [0, 0.1) is 18.2 Å². The number of hydrogen-bond donors (Lipinski definition) is 1. The summed E-state index contributed by atoms with van der Waals surface area (Å²) < 4.78 is 15.6. The first-order valence-electron chi connectivity index (χ1n) is 7.09. The highest BCUT2D eigenvalue weighted by atomic mass is 35.5. The molecule has 1 aromatic heterocycles. The number of aromatic nitrogens is 2. The summed E-state index contributed by atoms with van der Waals surface area (Å²) in [5.41, 5.74) is -0.314. The van der Waals surface area contributed by atoms with Gasteiger partial charge in [0.05, 0.1) is 17.7 Å². The van der Waals surface area contributed by atoms with E-state index in [1.807, 2.05) is 0 Å². The fourth-order valence-electron chi connectivity index (χ4n) is 2.71. The molecular formula is C17H16ClFN2O. The average Bonchev–Trinajstić information content (AvgIpc) is 3.10. The molecule has 0 saturated heterocycles. The Labute approximate surface area is 133 Å². The topological polar surface area (TPSA) is 38.0 Å². The van der Waals surface area contributed by atoms with Crippen molar-refractivity contribution in [1.82, 2.24) is 9.55 Å². The van der Waals surface area contributed by atoms with Gasteiger partial charge in [0.2, 0.25) is 0 Å². The van der Waals surface area contributed by atoms with Crippen molar-refractivity contribution < 1.29 is 9.50 Å². The Morgan fingerprint density at radius 2 is 2.18 bits per heavy atom. The number of hydrogen-bond acceptors (Lipinski definition) is 2. The van der Waals surface area contributed by atoms with E-state index in [9.17, 15) is 9.50 Å². The van der Waals surface area contributed by atoms with E-state index >= 15 is 0 Å². The molecule has 0 radical (unpaired) electrons. The summed E-state index contributed by atoms with van der Waals surface area (Å²) in [4.78, 5) is 3.32. The van der Waals surface area contributed by atoms with Crippen molar-refractivity contribution in [2.45, 2.75) is 36.3 Å². The number of halogens is 2. The third kappa shape index (κ3) is 2.75. The maximum atomic E-state index is 13.9. The molecule has 2 aromatic rings. The second-order valence-electron chi connectivity index (χ2n) is 5.84. The van der Waals surface area contributed by atoms with Gasteiger partial charge in [-0.15, -0.1) is 18.0 Å². The van der Waals surface area contributed by atoms with Gasteiger partial charge in [-0.1, -0.05) is 18.2 Å². The van der Waals surface area contributed by atoms with Crippen LogP contribution in [0.4, 0.5) is 4.39 Å². The summed E-state index contributed by atoms with van der Waals surface area (Å²) in [6, 6.07) is 6.43. The number of nitrogens with zero attached hydrogens (tertiary/aromatic N) is 2. The van der Waals surface area contributed by atoms with Crippen LogP contribution >= 0.6 is 11.6 Å². The summed E-state index contributed by atoms with van der Waals surface area (Å²) in [7, 11) is 0. The molecule has 0 amide bonds. The fraction of sp³-hybridized carbons (Fsp3) is 0.353. The van der Waals surface area contributed by atoms with Gasteiger partial charge < -0.3 is 9.67 Å². The number of alkyl halides is 1. The van der Waals surface area contributed by atoms with Crippen molar-refractivity contribution in [3.63, 3.8) is 0 Å². The molecule has 1 aliphatic carbocycles. The highest BCUT2D eigenvalue weighted by molar-refractivity contribution is 6.26. The Morgan fingerprint density at radius 1 is 1.45 bits per heavy atom. The lowest BCUT2D eigenvalue weighted by Gasteiger charge is -2.33. The Morgan fingerprint density at radius 3 is 2.77 bits per heavy atom. The number of rotatable bonds is 5. The lowest BCUT2D eigenvalue weighted by molar-refractivity contribution is 0.0101. The molecule has 1 aromatic carbocycles. The SMILES string of the molecule is C#Cc1cn(CC(O)(Cc2ccccc2F)C2(Cl)CC2)cn1. The Balaban J connectivity index is 1.89. The molecule has 5 heteroatoms. The van der Waals surface area contributed by atoms with Gasteiger partial charge in [0.15, 0.2) is 0 Å². The van der Waals surface area contributed by atoms with Crippen LogP contribution < -0.4 is 0 Å². The average molecular weight is 319 g/mol. The van der Waals surface area contributed by atoms with Crippen LogP contribution in [0.25, 0.3) is 0 Å². The lowest BCUT2D eigenvalue weighted by Crippen LogP contribution is -2.47. The molecule has 1 unspecified atom stereocenters. The monoisotopic (exact) mass is 318 g/mol. The van der Waals surface area contributed by atoms with Crippen LogP contribution in [0.15, 0.2) is 36.8 Å². The normalized spacial score (nSPS) is 18.5. The van der Waals surface area contributed by atoms with Crippen LogP contribution in [0.3, 0.4) is 0 Å². The van der Waals surface area contributed by atoms with E-state index in [0.717, 1.165) is 0 Å². The molecule has 1 saturated carbocycles. The zero-order valence-electron chi connectivity index (χ0n) is 12.0. The second kappa shape index (κ2) is 5.42. The third-order valence-electron chi connectivity index (χ3n) is 4.19. The molecular weight excluding hydrogens is 303 g/mol. The smallest absolute Gasteiger partial charge is 0.130 e. The summed E-state index contributed by atoms with van der Waals surface area (Å²) >= 11 is 6.50. The quantitative estimate of drug-likeness (QED) is 0.680. The predicted octanol–water partition coefficient (Wildman–Crippen LogP) is 2.75. The van der Waals surface area contributed by atoms with Crippen molar-refractivity contribution >= 4 is 11.6 Å². The lowest BCUT2D eigenvalue weighted by atomic mass is 9.88. The number of terminal acetylenes is 1. The van der Waals surface area contributed by atoms with E-state index in [-0.39, 0.29) is 18.8 Å². The number of imidazole rings is 1. The molecule has 114 valence electrons. The van der Waals surface area contributed by atoms with Gasteiger partial charge in [-0.05, 0) is 30.4 Å². The van der Waals surface area contributed by atoms with E-state index in [4.69, 9.17) is 18.0 Å². The molecule has 0 bridgehead atoms. The minimum Gasteiger partial charge on any atom is -0.386 e. The van der Waals surface area contributed by atoms with E-state index in [1.165, 1.54) is 6.07 Å². The predicted molar refractivity (Wildman–Crippen MR) is 83.0 cm³/mol. The third-order valence-corrected chi connectivity index (χ3v) is 4.92. The summed E-state index contributed by atoms with van der Waals surface area (Å²) in [6.07, 6.45) is 10.1. The second-order valence-corrected chi connectivity index (χ2v) is 6.56. The summed E-state index contributed by atoms with van der Waals surface area (Å²) in [6.45, 7) is 0.222. The van der Waals surface area contributed by atoms with Gasteiger partial charge in [-0.3, -0.25) is 0 Å². The van der Waals surface area contributed by atoms with E-state index in [0.29, 0.717) is 24.1 Å². The molecule has 0 spiro atoms. The van der Waals surface area contributed by atoms with Gasteiger partial charge in [0, 0.05) is 12.6 Å². The maximum absolute atomic E-state index is 13.9. The van der Waals surface area contributed by atoms with Gasteiger partial charge in [-0.25, -0.2) is 9.37 Å². The minimum atomic E-state index is -1.26. The molecule has 1 N–H and O–H groups in total. The van der Waals surface area contributed by atoms with Crippen molar-refractivity contribution in [1.29, 1.82) is 0 Å². The summed E-state index contributed by atoms with van der Waals surface area (Å²) in [5, 5.41) is 11.1. The van der Waals surface area contributed by atoms with Gasteiger partial charge in [-0.2, -0.15) is 0 Å². The highest BCUT2D eigenvalue weighted by Gasteiger charge is 2.57. The van der Waals surface area contributed by atoms with Crippen molar-refractivity contribution in [2.24, 2.45) is 0 Å². The van der Waals surface area contributed by atoms with Crippen LogP contribution in [0.1, 0.15) is 24.1 Å². The summed E-state index contributed by atoms with van der Waals surface area (Å²) in [5.74, 6) is 2.10. The van der Waals surface area contributed by atoms with E-state index in [1.54, 1.807) is 35.3 Å². The van der Waals surface area contributed by atoms with Gasteiger partial charge in [0.1, 0.15) is 17.1 Å². The van der Waals surface area contributed by atoms with Crippen molar-refractivity contribution in [3.05, 3.63) is 53.9 Å². The van der Waals surface area contributed by atoms with Crippen LogP contribution in [0.2, 0.25) is 0 Å². The molecule has 22 heavy (non-hydrogen) atoms. The van der Waals surface area contributed by atoms with Gasteiger partial charge in [0.25, 0.3) is 0 Å². The maximum Gasteiger partial charge on any atom is 0.130 e. The van der Waals surface area contributed by atoms with Crippen LogP contribution in [-0.4, -0.2) is 25.1 Å². The zero-order valence-corrected chi connectivity index (χ0v) is 12.7. The van der Waals surface area contributed by atoms with Crippen LogP contribution in [-0.2, 0) is 13.0 Å². The molecule has 0 aliphatic heterocycles. The van der Waals surface area contributed by atoms with Crippen molar-refractivity contribution in [3.8, 4) is 12.3 Å². The molecule has 3 rings (SSSR count). The Hall–Kier alpha value is -1.83. The van der Waals surface area contributed by atoms with Crippen molar-refractivity contribution in [2.75, 3.05) is 0 Å². The highest BCUT2D eigenvalue weighted by Crippen LogP contribution is 2.53.